The van der Waals surface area contributed by atoms with Crippen LogP contribution in [0.2, 0.25) is 0 Å². The molecule has 188 valence electrons. The molecule has 2 aromatic carbocycles. The van der Waals surface area contributed by atoms with Crippen molar-refractivity contribution in [2.75, 3.05) is 11.3 Å². The van der Waals surface area contributed by atoms with Crippen LogP contribution < -0.4 is 14.2 Å². The number of nitrogens with one attached hydrogen (secondary N) is 2. The van der Waals surface area contributed by atoms with E-state index in [0.29, 0.717) is 22.2 Å². The number of aromatic nitrogens is 2. The zero-order chi connectivity index (χ0) is 25.9. The molecular weight excluding hydrogens is 503 g/mol. The maximum absolute atomic E-state index is 12.8. The maximum atomic E-state index is 12.8. The second-order valence-corrected chi connectivity index (χ2v) is 8.91. The van der Waals surface area contributed by atoms with E-state index in [2.05, 4.69) is 19.4 Å². The molecule has 0 saturated carbocycles. The standard InChI is InChI=1S/C23H18F3N3O6S/c1-2-33-22(30)34-21-19(14-6-4-3-5-7-14)18-12-15(13-27-20(18)28-21)29-36(31,32)17-10-8-16(9-11-17)35-23(24,25)26/h3-13,29H,2H2,1H3,(H,27,28). The van der Waals surface area contributed by atoms with Crippen LogP contribution >= 0.6 is 0 Å². The predicted molar refractivity (Wildman–Crippen MR) is 123 cm³/mol. The van der Waals surface area contributed by atoms with Crippen molar-refractivity contribution in [3.8, 4) is 22.8 Å². The predicted octanol–water partition coefficient (Wildman–Crippen LogP) is 5.46. The van der Waals surface area contributed by atoms with E-state index in [-0.39, 0.29) is 23.1 Å². The lowest BCUT2D eigenvalue weighted by Gasteiger charge is -2.11. The second-order valence-electron chi connectivity index (χ2n) is 7.23. The summed E-state index contributed by atoms with van der Waals surface area (Å²) < 4.78 is 79.0. The summed E-state index contributed by atoms with van der Waals surface area (Å²) in [5.41, 5.74) is 1.48. The highest BCUT2D eigenvalue weighted by atomic mass is 32.2. The molecule has 0 spiro atoms. The minimum atomic E-state index is -4.90. The van der Waals surface area contributed by atoms with E-state index in [1.165, 1.54) is 12.3 Å². The third-order valence-electron chi connectivity index (χ3n) is 4.75. The van der Waals surface area contributed by atoms with Gasteiger partial charge in [0.15, 0.2) is 0 Å². The summed E-state index contributed by atoms with van der Waals surface area (Å²) in [5, 5.41) is 0.439. The van der Waals surface area contributed by atoms with Gasteiger partial charge in [0.25, 0.3) is 10.0 Å². The van der Waals surface area contributed by atoms with Gasteiger partial charge in [-0.05, 0) is 42.8 Å². The van der Waals surface area contributed by atoms with Crippen molar-refractivity contribution in [3.05, 3.63) is 66.9 Å². The zero-order valence-corrected chi connectivity index (χ0v) is 19.3. The van der Waals surface area contributed by atoms with E-state index in [0.717, 1.165) is 24.3 Å². The molecule has 0 unspecified atom stereocenters. The number of carbonyl (C=O) groups excluding carboxylic acids is 1. The summed E-state index contributed by atoms with van der Waals surface area (Å²) in [4.78, 5) is 18.7. The van der Waals surface area contributed by atoms with Crippen LogP contribution in [0.25, 0.3) is 22.2 Å². The number of anilines is 1. The number of halogens is 3. The maximum Gasteiger partial charge on any atom is 0.573 e. The molecule has 0 aliphatic carbocycles. The molecule has 2 heterocycles. The van der Waals surface area contributed by atoms with Crippen LogP contribution in [0.1, 0.15) is 6.92 Å². The first kappa shape index (κ1) is 24.9. The lowest BCUT2D eigenvalue weighted by molar-refractivity contribution is -0.274. The molecule has 0 radical (unpaired) electrons. The quantitative estimate of drug-likeness (QED) is 0.310. The Balaban J connectivity index is 1.68. The van der Waals surface area contributed by atoms with Crippen LogP contribution in [0, 0.1) is 0 Å². The number of hydrogen-bond acceptors (Lipinski definition) is 7. The number of ether oxygens (including phenoxy) is 3. The average Bonchev–Trinajstić information content (AvgIpc) is 3.15. The minimum absolute atomic E-state index is 0.0578. The van der Waals surface area contributed by atoms with Gasteiger partial charge >= 0.3 is 12.5 Å². The van der Waals surface area contributed by atoms with Crippen LogP contribution in [-0.4, -0.2) is 37.5 Å². The third kappa shape index (κ3) is 5.68. The van der Waals surface area contributed by atoms with Crippen molar-refractivity contribution in [1.29, 1.82) is 0 Å². The highest BCUT2D eigenvalue weighted by molar-refractivity contribution is 7.92. The van der Waals surface area contributed by atoms with Crippen molar-refractivity contribution >= 4 is 32.9 Å². The van der Waals surface area contributed by atoms with Gasteiger partial charge in [-0.3, -0.25) is 4.72 Å². The van der Waals surface area contributed by atoms with Gasteiger partial charge in [-0.15, -0.1) is 13.2 Å². The number of alkyl halides is 3. The Kier molecular flexibility index (Phi) is 6.75. The minimum Gasteiger partial charge on any atom is -0.434 e. The molecule has 9 nitrogen and oxygen atoms in total. The summed E-state index contributed by atoms with van der Waals surface area (Å²) >= 11 is 0. The number of carbonyl (C=O) groups is 1. The van der Waals surface area contributed by atoms with Gasteiger partial charge in [-0.1, -0.05) is 30.3 Å². The van der Waals surface area contributed by atoms with E-state index < -0.39 is 28.3 Å². The molecule has 0 bridgehead atoms. The Morgan fingerprint density at radius 3 is 2.42 bits per heavy atom. The van der Waals surface area contributed by atoms with Crippen LogP contribution in [0.3, 0.4) is 0 Å². The molecule has 0 saturated heterocycles. The molecule has 2 aromatic heterocycles. The summed E-state index contributed by atoms with van der Waals surface area (Å²) in [7, 11) is -4.18. The molecule has 0 atom stereocenters. The van der Waals surface area contributed by atoms with E-state index >= 15 is 0 Å². The van der Waals surface area contributed by atoms with Crippen molar-refractivity contribution in [2.24, 2.45) is 0 Å². The van der Waals surface area contributed by atoms with E-state index in [1.54, 1.807) is 37.3 Å². The Labute approximate surface area is 202 Å². The SMILES string of the molecule is CCOC(=O)Oc1[nH]c2ncc(NS(=O)(=O)c3ccc(OC(F)(F)F)cc3)cc2c1-c1ccccc1. The van der Waals surface area contributed by atoms with E-state index in [1.807, 2.05) is 0 Å². The molecule has 0 aliphatic heterocycles. The molecule has 13 heteroatoms. The van der Waals surface area contributed by atoms with Gasteiger partial charge in [-0.2, -0.15) is 0 Å². The second kappa shape index (κ2) is 9.77. The van der Waals surface area contributed by atoms with Gasteiger partial charge < -0.3 is 19.2 Å². The van der Waals surface area contributed by atoms with Gasteiger partial charge in [-0.25, -0.2) is 18.2 Å². The van der Waals surface area contributed by atoms with Gasteiger partial charge in [0.1, 0.15) is 11.4 Å². The molecule has 36 heavy (non-hydrogen) atoms. The highest BCUT2D eigenvalue weighted by Gasteiger charge is 2.31. The fourth-order valence-corrected chi connectivity index (χ4v) is 4.37. The molecule has 0 aliphatic rings. The summed E-state index contributed by atoms with van der Waals surface area (Å²) in [6.07, 6.45) is -4.59. The highest BCUT2D eigenvalue weighted by Crippen LogP contribution is 2.38. The fourth-order valence-electron chi connectivity index (χ4n) is 3.34. The lowest BCUT2D eigenvalue weighted by atomic mass is 10.1. The Hall–Kier alpha value is -4.26. The number of nitrogens with zero attached hydrogens (tertiary/aromatic N) is 1. The number of fused-ring (bicyclic) bond motifs is 1. The Bertz CT molecular complexity index is 1490. The zero-order valence-electron chi connectivity index (χ0n) is 18.5. The van der Waals surface area contributed by atoms with Crippen molar-refractivity contribution in [2.45, 2.75) is 18.2 Å². The first-order valence-corrected chi connectivity index (χ1v) is 11.8. The first-order chi connectivity index (χ1) is 17.1. The summed E-state index contributed by atoms with van der Waals surface area (Å²) in [6, 6.07) is 14.1. The van der Waals surface area contributed by atoms with Crippen LogP contribution in [-0.2, 0) is 14.8 Å². The van der Waals surface area contributed by atoms with Crippen molar-refractivity contribution in [3.63, 3.8) is 0 Å². The molecule has 0 amide bonds. The molecule has 4 aromatic rings. The first-order valence-electron chi connectivity index (χ1n) is 10.4. The topological polar surface area (TPSA) is 120 Å². The number of pyridine rings is 1. The summed E-state index contributed by atoms with van der Waals surface area (Å²) in [5.74, 6) is -0.499. The average molecular weight is 521 g/mol. The number of H-pyrrole nitrogens is 1. The van der Waals surface area contributed by atoms with Crippen LogP contribution in [0.4, 0.5) is 23.7 Å². The lowest BCUT2D eigenvalue weighted by Crippen LogP contribution is -2.17. The third-order valence-corrected chi connectivity index (χ3v) is 6.14. The number of aromatic amines is 1. The van der Waals surface area contributed by atoms with Crippen LogP contribution in [0.15, 0.2) is 71.8 Å². The van der Waals surface area contributed by atoms with Gasteiger partial charge in [0.05, 0.1) is 29.0 Å². The van der Waals surface area contributed by atoms with Crippen LogP contribution in [0.5, 0.6) is 11.6 Å². The molecule has 2 N–H and O–H groups in total. The summed E-state index contributed by atoms with van der Waals surface area (Å²) in [6.45, 7) is 1.73. The number of benzene rings is 2. The molecular formula is C23H18F3N3O6S. The normalized spacial score (nSPS) is 11.8. The largest absolute Gasteiger partial charge is 0.573 e. The van der Waals surface area contributed by atoms with Crippen molar-refractivity contribution < 1.29 is 40.6 Å². The number of sulfonamides is 1. The molecule has 4 rings (SSSR count). The fraction of sp³-hybridized carbons (Fsp3) is 0.130. The number of rotatable bonds is 7. The van der Waals surface area contributed by atoms with Crippen molar-refractivity contribution in [1.82, 2.24) is 9.97 Å². The monoisotopic (exact) mass is 521 g/mol. The van der Waals surface area contributed by atoms with E-state index in [9.17, 15) is 26.4 Å². The molecule has 0 fully saturated rings. The van der Waals surface area contributed by atoms with E-state index in [4.69, 9.17) is 9.47 Å². The number of hydrogen-bond donors (Lipinski definition) is 2. The van der Waals surface area contributed by atoms with Gasteiger partial charge in [0, 0.05) is 5.39 Å². The Morgan fingerprint density at radius 1 is 1.08 bits per heavy atom. The smallest absolute Gasteiger partial charge is 0.434 e. The Morgan fingerprint density at radius 2 is 1.78 bits per heavy atom. The van der Waals surface area contributed by atoms with Gasteiger partial charge in [0.2, 0.25) is 5.88 Å².